The number of amides is 1. The van der Waals surface area contributed by atoms with Gasteiger partial charge in [0.05, 0.1) is 6.26 Å². The zero-order valence-electron chi connectivity index (χ0n) is 16.4. The van der Waals surface area contributed by atoms with Crippen LogP contribution in [0.2, 0.25) is 0 Å². The summed E-state index contributed by atoms with van der Waals surface area (Å²) >= 11 is 1.44. The van der Waals surface area contributed by atoms with E-state index in [1.54, 1.807) is 25.1 Å². The number of hydrogen-bond donors (Lipinski definition) is 0. The Hall–Kier alpha value is -2.54. The van der Waals surface area contributed by atoms with Crippen molar-refractivity contribution in [1.82, 2.24) is 4.90 Å². The highest BCUT2D eigenvalue weighted by Crippen LogP contribution is 2.42. The molecule has 29 heavy (non-hydrogen) atoms. The van der Waals surface area contributed by atoms with Crippen molar-refractivity contribution in [1.29, 1.82) is 0 Å². The third-order valence-electron chi connectivity index (χ3n) is 5.47. The molecule has 3 atom stereocenters. The lowest BCUT2D eigenvalue weighted by Gasteiger charge is -2.26. The Bertz CT molecular complexity index is 939. The molecule has 0 N–H and O–H groups in total. The molecule has 0 saturated carbocycles. The molecule has 1 aromatic heterocycles. The summed E-state index contributed by atoms with van der Waals surface area (Å²) in [4.78, 5) is 39.3. The second kappa shape index (κ2) is 8.06. The number of thioether (sulfide) groups is 1. The van der Waals surface area contributed by atoms with Gasteiger partial charge in [-0.05, 0) is 55.5 Å². The van der Waals surface area contributed by atoms with Gasteiger partial charge in [0.1, 0.15) is 17.2 Å². The minimum Gasteiger partial charge on any atom is -0.466 e. The highest BCUT2D eigenvalue weighted by atomic mass is 32.2. The Labute approximate surface area is 173 Å². The maximum atomic E-state index is 12.8. The largest absolute Gasteiger partial charge is 0.466 e. The third kappa shape index (κ3) is 3.83. The number of hydrogen-bond acceptors (Lipinski definition) is 6. The molecular weight excluding hydrogens is 390 g/mol. The van der Waals surface area contributed by atoms with Gasteiger partial charge in [0, 0.05) is 18.2 Å². The van der Waals surface area contributed by atoms with Crippen molar-refractivity contribution >= 4 is 29.4 Å². The Morgan fingerprint density at radius 2 is 2.00 bits per heavy atom. The molecule has 0 radical (unpaired) electrons. The number of aryl methyl sites for hydroxylation is 2. The number of benzene rings is 1. The van der Waals surface area contributed by atoms with Crippen LogP contribution in [0.25, 0.3) is 0 Å². The highest BCUT2D eigenvalue weighted by molar-refractivity contribution is 7.99. The van der Waals surface area contributed by atoms with Crippen LogP contribution < -0.4 is 0 Å². The second-order valence-electron chi connectivity index (χ2n) is 7.42. The quantitative estimate of drug-likeness (QED) is 0.551. The molecule has 1 saturated heterocycles. The molecule has 152 valence electrons. The van der Waals surface area contributed by atoms with Crippen LogP contribution in [0.1, 0.15) is 52.9 Å². The molecule has 1 amide bonds. The number of fused-ring (bicyclic) bond motifs is 1. The first-order valence-electron chi connectivity index (χ1n) is 9.76. The summed E-state index contributed by atoms with van der Waals surface area (Å²) in [6, 6.07) is 8.48. The highest BCUT2D eigenvalue weighted by Gasteiger charge is 2.43. The SMILES string of the molecule is CC(=O)N1[C@@H](C(=O)O[C@H](C)C(=O)c2ccc3c(c2)CCC3)CS[C@@H]1c1ccco1. The fourth-order valence-electron chi connectivity index (χ4n) is 3.99. The molecule has 0 spiro atoms. The number of rotatable bonds is 5. The van der Waals surface area contributed by atoms with Gasteiger partial charge in [-0.15, -0.1) is 11.8 Å². The summed E-state index contributed by atoms with van der Waals surface area (Å²) in [5.74, 6) is -0.0260. The van der Waals surface area contributed by atoms with Crippen molar-refractivity contribution in [2.45, 2.75) is 50.6 Å². The maximum absolute atomic E-state index is 12.8. The Balaban J connectivity index is 1.45. The van der Waals surface area contributed by atoms with E-state index in [2.05, 4.69) is 0 Å². The minimum absolute atomic E-state index is 0.226. The van der Waals surface area contributed by atoms with E-state index in [4.69, 9.17) is 9.15 Å². The Morgan fingerprint density at radius 1 is 1.21 bits per heavy atom. The molecule has 1 aromatic carbocycles. The van der Waals surface area contributed by atoms with Gasteiger partial charge in [-0.1, -0.05) is 12.1 Å². The van der Waals surface area contributed by atoms with E-state index in [0.29, 0.717) is 17.1 Å². The average Bonchev–Trinajstić information content (AvgIpc) is 3.45. The molecule has 1 fully saturated rings. The summed E-state index contributed by atoms with van der Waals surface area (Å²) in [5.41, 5.74) is 3.05. The molecule has 2 aromatic rings. The van der Waals surface area contributed by atoms with Crippen molar-refractivity contribution < 1.29 is 23.5 Å². The van der Waals surface area contributed by atoms with Crippen LogP contribution in [0.4, 0.5) is 0 Å². The summed E-state index contributed by atoms with van der Waals surface area (Å²) in [5, 5.41) is -0.372. The average molecular weight is 413 g/mol. The molecule has 2 heterocycles. The number of carbonyl (C=O) groups excluding carboxylic acids is 3. The first kappa shape index (κ1) is 19.8. The first-order valence-corrected chi connectivity index (χ1v) is 10.8. The topological polar surface area (TPSA) is 76.8 Å². The zero-order valence-corrected chi connectivity index (χ0v) is 17.2. The van der Waals surface area contributed by atoms with Gasteiger partial charge in [-0.3, -0.25) is 9.59 Å². The molecule has 0 unspecified atom stereocenters. The second-order valence-corrected chi connectivity index (χ2v) is 8.54. The van der Waals surface area contributed by atoms with E-state index in [1.807, 2.05) is 12.1 Å². The first-order chi connectivity index (χ1) is 14.0. The maximum Gasteiger partial charge on any atom is 0.330 e. The normalized spacial score (nSPS) is 21.7. The molecular formula is C22H23NO5S. The minimum atomic E-state index is -0.913. The molecule has 2 aliphatic rings. The smallest absolute Gasteiger partial charge is 0.330 e. The molecule has 1 aliphatic heterocycles. The van der Waals surface area contributed by atoms with Crippen LogP contribution >= 0.6 is 11.8 Å². The van der Waals surface area contributed by atoms with Crippen molar-refractivity contribution in [3.05, 3.63) is 59.0 Å². The lowest BCUT2D eigenvalue weighted by Crippen LogP contribution is -2.44. The van der Waals surface area contributed by atoms with Crippen LogP contribution in [0, 0.1) is 0 Å². The van der Waals surface area contributed by atoms with Crippen molar-refractivity contribution in [2.24, 2.45) is 0 Å². The van der Waals surface area contributed by atoms with Gasteiger partial charge in [-0.2, -0.15) is 0 Å². The Morgan fingerprint density at radius 3 is 2.72 bits per heavy atom. The third-order valence-corrected chi connectivity index (χ3v) is 6.75. The lowest BCUT2D eigenvalue weighted by atomic mass is 10.0. The van der Waals surface area contributed by atoms with Crippen molar-refractivity contribution in [3.8, 4) is 0 Å². The van der Waals surface area contributed by atoms with E-state index in [-0.39, 0.29) is 17.1 Å². The Kier molecular flexibility index (Phi) is 5.50. The molecule has 6 nitrogen and oxygen atoms in total. The van der Waals surface area contributed by atoms with Crippen LogP contribution in [-0.2, 0) is 27.2 Å². The van der Waals surface area contributed by atoms with E-state index in [9.17, 15) is 14.4 Å². The van der Waals surface area contributed by atoms with Crippen molar-refractivity contribution in [3.63, 3.8) is 0 Å². The predicted octanol–water partition coefficient (Wildman–Crippen LogP) is 3.55. The van der Waals surface area contributed by atoms with E-state index in [1.165, 1.54) is 41.0 Å². The number of carbonyl (C=O) groups is 3. The number of Topliss-reactive ketones (excluding diaryl/α,β-unsaturated/α-hetero) is 1. The van der Waals surface area contributed by atoms with Crippen molar-refractivity contribution in [2.75, 3.05) is 5.75 Å². The van der Waals surface area contributed by atoms with Gasteiger partial charge < -0.3 is 14.1 Å². The fraction of sp³-hybridized carbons (Fsp3) is 0.409. The van der Waals surface area contributed by atoms with Gasteiger partial charge in [-0.25, -0.2) is 4.79 Å². The zero-order chi connectivity index (χ0) is 20.5. The summed E-state index contributed by atoms with van der Waals surface area (Å²) in [7, 11) is 0. The van der Waals surface area contributed by atoms with Gasteiger partial charge >= 0.3 is 5.97 Å². The van der Waals surface area contributed by atoms with Crippen LogP contribution in [0.5, 0.6) is 0 Å². The number of ketones is 1. The van der Waals surface area contributed by atoms with Gasteiger partial charge in [0.2, 0.25) is 11.7 Å². The molecule has 7 heteroatoms. The number of furan rings is 1. The molecule has 1 aliphatic carbocycles. The van der Waals surface area contributed by atoms with Crippen LogP contribution in [0.15, 0.2) is 41.0 Å². The van der Waals surface area contributed by atoms with Crippen LogP contribution in [-0.4, -0.2) is 40.5 Å². The molecule has 0 bridgehead atoms. The summed E-state index contributed by atoms with van der Waals surface area (Å²) in [6.07, 6.45) is 3.76. The lowest BCUT2D eigenvalue weighted by molar-refractivity contribution is -0.155. The standard InChI is InChI=1S/C22H23NO5S/c1-13(20(25)17-9-8-15-5-3-6-16(15)11-17)28-22(26)18-12-29-21(23(18)14(2)24)19-7-4-10-27-19/h4,7-11,13,18,21H,3,5-6,12H2,1-2H3/t13-,18-,21-/m1/s1. The van der Waals surface area contributed by atoms with E-state index in [0.717, 1.165) is 19.3 Å². The predicted molar refractivity (Wildman–Crippen MR) is 109 cm³/mol. The number of esters is 1. The fourth-order valence-corrected chi connectivity index (χ4v) is 5.41. The van der Waals surface area contributed by atoms with Crippen LogP contribution in [0.3, 0.4) is 0 Å². The summed E-state index contributed by atoms with van der Waals surface area (Å²) in [6.45, 7) is 3.00. The van der Waals surface area contributed by atoms with Gasteiger partial charge in [0.25, 0.3) is 0 Å². The number of nitrogens with zero attached hydrogens (tertiary/aromatic N) is 1. The van der Waals surface area contributed by atoms with E-state index < -0.39 is 18.1 Å². The number of ether oxygens (including phenoxy) is 1. The molecule has 4 rings (SSSR count). The van der Waals surface area contributed by atoms with Gasteiger partial charge in [0.15, 0.2) is 6.10 Å². The summed E-state index contributed by atoms with van der Waals surface area (Å²) < 4.78 is 10.9. The van der Waals surface area contributed by atoms with E-state index >= 15 is 0 Å². The monoisotopic (exact) mass is 413 g/mol.